The minimum atomic E-state index is -0.736. The van der Waals surface area contributed by atoms with Crippen LogP contribution in [-0.4, -0.2) is 16.1 Å². The highest BCUT2D eigenvalue weighted by Gasteiger charge is 2.45. The van der Waals surface area contributed by atoms with E-state index in [1.807, 2.05) is 31.2 Å². The highest BCUT2D eigenvalue weighted by Crippen LogP contribution is 2.42. The number of anilines is 1. The van der Waals surface area contributed by atoms with Crippen molar-refractivity contribution in [1.29, 1.82) is 0 Å². The van der Waals surface area contributed by atoms with Gasteiger partial charge in [-0.25, -0.2) is 4.39 Å². The van der Waals surface area contributed by atoms with Crippen molar-refractivity contribution >= 4 is 33.3 Å². The first-order valence-corrected chi connectivity index (χ1v) is 11.2. The Morgan fingerprint density at radius 1 is 1.12 bits per heavy atom. The molecule has 1 aliphatic heterocycles. The lowest BCUT2D eigenvalue weighted by Gasteiger charge is -2.22. The van der Waals surface area contributed by atoms with Crippen LogP contribution in [0.5, 0.6) is 0 Å². The van der Waals surface area contributed by atoms with E-state index in [2.05, 4.69) is 24.0 Å². The van der Waals surface area contributed by atoms with E-state index in [9.17, 15) is 14.0 Å². The van der Waals surface area contributed by atoms with Crippen molar-refractivity contribution in [3.8, 4) is 0 Å². The number of fused-ring (bicyclic) bond motifs is 2. The van der Waals surface area contributed by atoms with Crippen molar-refractivity contribution < 1.29 is 13.6 Å². The molecule has 5 rings (SSSR count). The van der Waals surface area contributed by atoms with Gasteiger partial charge in [-0.3, -0.25) is 14.5 Å². The Labute approximate surface area is 187 Å². The number of amides is 1. The molecule has 1 atom stereocenters. The third-order valence-corrected chi connectivity index (χ3v) is 6.78. The molecule has 0 spiro atoms. The summed E-state index contributed by atoms with van der Waals surface area (Å²) in [5, 5.41) is 9.64. The number of hydrogen-bond donors (Lipinski definition) is 0. The van der Waals surface area contributed by atoms with Crippen LogP contribution in [0.15, 0.2) is 51.7 Å². The molecule has 32 heavy (non-hydrogen) atoms. The Morgan fingerprint density at radius 3 is 2.53 bits per heavy atom. The molecule has 4 aromatic rings. The minimum Gasteiger partial charge on any atom is -0.450 e. The number of carbonyl (C=O) groups excluding carboxylic acids is 1. The maximum absolute atomic E-state index is 13.9. The third kappa shape index (κ3) is 3.14. The summed E-state index contributed by atoms with van der Waals surface area (Å²) in [6.07, 6.45) is 0.681. The molecule has 0 bridgehead atoms. The number of rotatable bonds is 4. The molecule has 0 aliphatic carbocycles. The van der Waals surface area contributed by atoms with Gasteiger partial charge >= 0.3 is 0 Å². The smallest absolute Gasteiger partial charge is 0.297 e. The van der Waals surface area contributed by atoms with Crippen LogP contribution in [-0.2, 0) is 6.42 Å². The second-order valence-corrected chi connectivity index (χ2v) is 9.09. The highest BCUT2D eigenvalue weighted by molar-refractivity contribution is 7.15. The van der Waals surface area contributed by atoms with Crippen LogP contribution in [0.25, 0.3) is 11.0 Å². The fourth-order valence-electron chi connectivity index (χ4n) is 4.01. The summed E-state index contributed by atoms with van der Waals surface area (Å²) in [4.78, 5) is 28.4. The first-order valence-electron chi connectivity index (χ1n) is 10.4. The van der Waals surface area contributed by atoms with Gasteiger partial charge in [-0.1, -0.05) is 56.4 Å². The molecule has 0 fully saturated rings. The van der Waals surface area contributed by atoms with Gasteiger partial charge in [0.25, 0.3) is 5.91 Å². The molecule has 1 amide bonds. The second-order valence-electron chi connectivity index (χ2n) is 8.05. The zero-order valence-electron chi connectivity index (χ0n) is 17.8. The van der Waals surface area contributed by atoms with E-state index in [1.165, 1.54) is 28.4 Å². The largest absolute Gasteiger partial charge is 0.450 e. The number of carbonyl (C=O) groups is 1. The molecule has 8 heteroatoms. The van der Waals surface area contributed by atoms with E-state index >= 15 is 0 Å². The number of nitrogens with zero attached hydrogens (tertiary/aromatic N) is 3. The number of aryl methyl sites for hydroxylation is 1. The lowest BCUT2D eigenvalue weighted by Crippen LogP contribution is -2.29. The van der Waals surface area contributed by atoms with Crippen molar-refractivity contribution in [2.75, 3.05) is 4.90 Å². The van der Waals surface area contributed by atoms with Gasteiger partial charge in [0.15, 0.2) is 5.43 Å². The molecule has 162 valence electrons. The number of halogens is 1. The van der Waals surface area contributed by atoms with Gasteiger partial charge in [0.2, 0.25) is 10.9 Å². The first-order chi connectivity index (χ1) is 15.4. The van der Waals surface area contributed by atoms with E-state index in [0.29, 0.717) is 17.5 Å². The van der Waals surface area contributed by atoms with E-state index in [-0.39, 0.29) is 22.3 Å². The maximum Gasteiger partial charge on any atom is 0.297 e. The maximum atomic E-state index is 13.9. The van der Waals surface area contributed by atoms with Gasteiger partial charge in [0.05, 0.1) is 17.0 Å². The second kappa shape index (κ2) is 7.63. The molecular formula is C24H20FN3O3S. The van der Waals surface area contributed by atoms with E-state index < -0.39 is 23.2 Å². The molecule has 6 nitrogen and oxygen atoms in total. The average molecular weight is 450 g/mol. The van der Waals surface area contributed by atoms with Crippen molar-refractivity contribution in [3.05, 3.63) is 86.0 Å². The summed E-state index contributed by atoms with van der Waals surface area (Å²) in [6.45, 7) is 6.15. The zero-order valence-corrected chi connectivity index (χ0v) is 18.6. The van der Waals surface area contributed by atoms with Crippen LogP contribution < -0.4 is 10.3 Å². The Kier molecular flexibility index (Phi) is 4.89. The molecular weight excluding hydrogens is 429 g/mol. The Hall–Kier alpha value is -3.39. The van der Waals surface area contributed by atoms with Gasteiger partial charge in [-0.15, -0.1) is 10.2 Å². The fraction of sp³-hybridized carbons (Fsp3) is 0.250. The van der Waals surface area contributed by atoms with Crippen molar-refractivity contribution in [1.82, 2.24) is 10.2 Å². The van der Waals surface area contributed by atoms with E-state index in [4.69, 9.17) is 4.42 Å². The normalized spacial score (nSPS) is 15.7. The van der Waals surface area contributed by atoms with Crippen molar-refractivity contribution in [3.63, 3.8) is 0 Å². The molecule has 0 N–H and O–H groups in total. The van der Waals surface area contributed by atoms with E-state index in [1.54, 1.807) is 0 Å². The van der Waals surface area contributed by atoms with Gasteiger partial charge in [0.1, 0.15) is 16.4 Å². The lowest BCUT2D eigenvalue weighted by molar-refractivity contribution is 0.0970. The van der Waals surface area contributed by atoms with Crippen LogP contribution >= 0.6 is 11.3 Å². The van der Waals surface area contributed by atoms with Crippen molar-refractivity contribution in [2.45, 2.75) is 39.2 Å². The predicted molar refractivity (Wildman–Crippen MR) is 121 cm³/mol. The molecule has 1 unspecified atom stereocenters. The standard InChI is InChI=1S/C24H20FN3O3S/c1-4-18-26-27-24(32-18)28-20(14-7-5-13(6-8-14)12(2)3)19-21(29)16-11-15(25)9-10-17(16)31-22(19)23(28)30/h5-12,20H,4H2,1-3H3. The molecule has 3 heterocycles. The number of aromatic nitrogens is 2. The quantitative estimate of drug-likeness (QED) is 0.427. The Bertz CT molecular complexity index is 1410. The molecule has 0 radical (unpaired) electrons. The minimum absolute atomic E-state index is 0.0414. The zero-order chi connectivity index (χ0) is 22.6. The topological polar surface area (TPSA) is 76.3 Å². The van der Waals surface area contributed by atoms with Crippen LogP contribution in [0, 0.1) is 5.82 Å². The van der Waals surface area contributed by atoms with Crippen molar-refractivity contribution in [2.24, 2.45) is 0 Å². The summed E-state index contributed by atoms with van der Waals surface area (Å²) in [7, 11) is 0. The van der Waals surface area contributed by atoms with Crippen LogP contribution in [0.2, 0.25) is 0 Å². The average Bonchev–Trinajstić information content (AvgIpc) is 3.37. The van der Waals surface area contributed by atoms with Gasteiger partial charge in [0, 0.05) is 0 Å². The SMILES string of the molecule is CCc1nnc(N2C(=O)c3oc4ccc(F)cc4c(=O)c3C2c2ccc(C(C)C)cc2)s1. The Balaban J connectivity index is 1.77. The summed E-state index contributed by atoms with van der Waals surface area (Å²) >= 11 is 1.30. The van der Waals surface area contributed by atoms with E-state index in [0.717, 1.165) is 22.2 Å². The van der Waals surface area contributed by atoms with Crippen LogP contribution in [0.4, 0.5) is 9.52 Å². The number of hydrogen-bond acceptors (Lipinski definition) is 6. The fourth-order valence-corrected chi connectivity index (χ4v) is 4.81. The molecule has 0 saturated carbocycles. The predicted octanol–water partition coefficient (Wildman–Crippen LogP) is 5.22. The van der Waals surface area contributed by atoms with Crippen LogP contribution in [0.1, 0.15) is 65.0 Å². The summed E-state index contributed by atoms with van der Waals surface area (Å²) < 4.78 is 19.7. The Morgan fingerprint density at radius 2 is 1.88 bits per heavy atom. The lowest BCUT2D eigenvalue weighted by atomic mass is 9.95. The highest BCUT2D eigenvalue weighted by atomic mass is 32.1. The molecule has 2 aromatic heterocycles. The van der Waals surface area contributed by atoms with Gasteiger partial charge in [-0.05, 0) is 41.7 Å². The summed E-state index contributed by atoms with van der Waals surface area (Å²) in [5.41, 5.74) is 1.83. The summed E-state index contributed by atoms with van der Waals surface area (Å²) in [5.74, 6) is -0.703. The van der Waals surface area contributed by atoms with Gasteiger partial charge in [-0.2, -0.15) is 0 Å². The number of benzene rings is 2. The molecule has 2 aromatic carbocycles. The monoisotopic (exact) mass is 449 g/mol. The van der Waals surface area contributed by atoms with Gasteiger partial charge < -0.3 is 4.42 Å². The summed E-state index contributed by atoms with van der Waals surface area (Å²) in [6, 6.07) is 10.8. The molecule has 1 aliphatic rings. The first kappa shape index (κ1) is 20.5. The molecule has 0 saturated heterocycles. The third-order valence-electron chi connectivity index (χ3n) is 5.72. The van der Waals surface area contributed by atoms with Crippen LogP contribution in [0.3, 0.4) is 0 Å².